The molecule has 16 heavy (non-hydrogen) atoms. The number of rotatable bonds is 0. The zero-order chi connectivity index (χ0) is 11.8. The molecule has 1 aliphatic heterocycles. The molecule has 0 aromatic heterocycles. The Morgan fingerprint density at radius 1 is 1.44 bits per heavy atom. The SMILES string of the molecule is COC(=O)N1O[C@]12C[C@H]1CC[C@]2(C)C1(C)C. The van der Waals surface area contributed by atoms with Crippen LogP contribution in [0, 0.1) is 16.7 Å². The molecule has 0 radical (unpaired) electrons. The highest BCUT2D eigenvalue weighted by Crippen LogP contribution is 2.75. The average Bonchev–Trinajstić information content (AvgIpc) is 2.88. The number of methoxy groups -OCH3 is 1. The van der Waals surface area contributed by atoms with E-state index in [4.69, 9.17) is 9.57 Å². The molecule has 90 valence electrons. The summed E-state index contributed by atoms with van der Waals surface area (Å²) in [5.41, 5.74) is -0.0544. The van der Waals surface area contributed by atoms with Gasteiger partial charge in [-0.05, 0) is 24.2 Å². The molecule has 0 aromatic rings. The molecular weight excluding hydrogens is 206 g/mol. The van der Waals surface area contributed by atoms with E-state index in [1.165, 1.54) is 18.6 Å². The standard InChI is InChI=1S/C12H19NO3/c1-10(2)8-5-6-11(10,3)12(7-8)13(16-12)9(14)15-4/h8H,5-7H2,1-4H3/t8-,11-,12+,13?/m1/s1. The molecule has 3 fully saturated rings. The van der Waals surface area contributed by atoms with E-state index in [1.807, 2.05) is 0 Å². The van der Waals surface area contributed by atoms with E-state index in [1.54, 1.807) is 0 Å². The zero-order valence-electron chi connectivity index (χ0n) is 10.4. The molecule has 1 spiro atoms. The van der Waals surface area contributed by atoms with Gasteiger partial charge in [0.2, 0.25) is 5.72 Å². The van der Waals surface area contributed by atoms with Gasteiger partial charge >= 0.3 is 6.09 Å². The summed E-state index contributed by atoms with van der Waals surface area (Å²) in [6.45, 7) is 6.86. The van der Waals surface area contributed by atoms with Crippen molar-refractivity contribution in [3.63, 3.8) is 0 Å². The summed E-state index contributed by atoms with van der Waals surface area (Å²) in [6.07, 6.45) is 3.00. The summed E-state index contributed by atoms with van der Waals surface area (Å²) in [5.74, 6) is 0.659. The van der Waals surface area contributed by atoms with Crippen LogP contribution in [-0.2, 0) is 9.57 Å². The van der Waals surface area contributed by atoms with Crippen molar-refractivity contribution in [2.45, 2.75) is 45.8 Å². The Balaban J connectivity index is 1.95. The predicted octanol–water partition coefficient (Wildman–Crippen LogP) is 2.54. The molecular formula is C12H19NO3. The summed E-state index contributed by atoms with van der Waals surface area (Å²) < 4.78 is 4.74. The predicted molar refractivity (Wildman–Crippen MR) is 57.3 cm³/mol. The minimum atomic E-state index is -0.369. The van der Waals surface area contributed by atoms with Gasteiger partial charge in [-0.3, -0.25) is 0 Å². The van der Waals surface area contributed by atoms with Crippen LogP contribution < -0.4 is 0 Å². The van der Waals surface area contributed by atoms with Crippen molar-refractivity contribution in [3.05, 3.63) is 0 Å². The maximum absolute atomic E-state index is 11.5. The van der Waals surface area contributed by atoms with Crippen molar-refractivity contribution in [1.82, 2.24) is 5.06 Å². The third kappa shape index (κ3) is 0.816. The first-order valence-electron chi connectivity index (χ1n) is 5.96. The number of hydrogen-bond donors (Lipinski definition) is 0. The number of fused-ring (bicyclic) bond motifs is 3. The van der Waals surface area contributed by atoms with Crippen molar-refractivity contribution >= 4 is 6.09 Å². The molecule has 1 saturated heterocycles. The fraction of sp³-hybridized carbons (Fsp3) is 0.917. The van der Waals surface area contributed by atoms with Crippen molar-refractivity contribution in [3.8, 4) is 0 Å². The van der Waals surface area contributed by atoms with E-state index in [0.717, 1.165) is 12.8 Å². The normalized spacial score (nSPS) is 47.5. The first-order chi connectivity index (χ1) is 7.39. The van der Waals surface area contributed by atoms with E-state index in [-0.39, 0.29) is 22.6 Å². The Morgan fingerprint density at radius 3 is 2.56 bits per heavy atom. The Bertz CT molecular complexity index is 367. The van der Waals surface area contributed by atoms with Crippen LogP contribution in [0.15, 0.2) is 0 Å². The summed E-state index contributed by atoms with van der Waals surface area (Å²) in [4.78, 5) is 17.2. The third-order valence-electron chi connectivity index (χ3n) is 5.70. The number of amides is 1. The Kier molecular flexibility index (Phi) is 1.66. The summed E-state index contributed by atoms with van der Waals surface area (Å²) >= 11 is 0. The molecule has 4 nitrogen and oxygen atoms in total. The van der Waals surface area contributed by atoms with Crippen LogP contribution in [-0.4, -0.2) is 24.0 Å². The first-order valence-corrected chi connectivity index (χ1v) is 5.96. The molecule has 0 N–H and O–H groups in total. The molecule has 0 unspecified atom stereocenters. The molecule has 2 bridgehead atoms. The number of hydrogen-bond acceptors (Lipinski definition) is 3. The number of hydroxylamine groups is 2. The third-order valence-corrected chi connectivity index (χ3v) is 5.70. The van der Waals surface area contributed by atoms with Crippen molar-refractivity contribution in [2.75, 3.05) is 7.11 Å². The van der Waals surface area contributed by atoms with Gasteiger partial charge in [-0.25, -0.2) is 9.63 Å². The second-order valence-electron chi connectivity index (χ2n) is 6.13. The lowest BCUT2D eigenvalue weighted by atomic mass is 9.68. The van der Waals surface area contributed by atoms with Gasteiger partial charge in [0.05, 0.1) is 7.11 Å². The van der Waals surface area contributed by atoms with Gasteiger partial charge in [-0.1, -0.05) is 20.8 Å². The monoisotopic (exact) mass is 225 g/mol. The minimum absolute atomic E-state index is 0.0683. The van der Waals surface area contributed by atoms with Crippen LogP contribution in [0.3, 0.4) is 0 Å². The van der Waals surface area contributed by atoms with E-state index in [2.05, 4.69) is 20.8 Å². The zero-order valence-corrected chi connectivity index (χ0v) is 10.4. The maximum atomic E-state index is 11.5. The Labute approximate surface area is 95.8 Å². The van der Waals surface area contributed by atoms with Crippen LogP contribution in [0.4, 0.5) is 4.79 Å². The average molecular weight is 225 g/mol. The molecule has 3 aliphatic rings. The molecule has 2 saturated carbocycles. The lowest BCUT2D eigenvalue weighted by Crippen LogP contribution is -2.41. The molecule has 1 amide bonds. The van der Waals surface area contributed by atoms with E-state index >= 15 is 0 Å². The van der Waals surface area contributed by atoms with Gasteiger partial charge in [0.15, 0.2) is 0 Å². The van der Waals surface area contributed by atoms with Crippen LogP contribution in [0.25, 0.3) is 0 Å². The van der Waals surface area contributed by atoms with Gasteiger partial charge in [0, 0.05) is 11.8 Å². The molecule has 3 atom stereocenters. The molecule has 0 aromatic carbocycles. The van der Waals surface area contributed by atoms with Crippen LogP contribution in [0.5, 0.6) is 0 Å². The topological polar surface area (TPSA) is 41.8 Å². The number of carbonyl (C=O) groups is 1. The smallest absolute Gasteiger partial charge is 0.436 e. The quantitative estimate of drug-likeness (QED) is 0.595. The fourth-order valence-corrected chi connectivity index (χ4v) is 4.05. The fourth-order valence-electron chi connectivity index (χ4n) is 4.05. The number of carbonyl (C=O) groups excluding carboxylic acids is 1. The molecule has 3 rings (SSSR count). The molecule has 4 heteroatoms. The van der Waals surface area contributed by atoms with Gasteiger partial charge in [0.25, 0.3) is 0 Å². The molecule has 2 aliphatic carbocycles. The highest BCUT2D eigenvalue weighted by atomic mass is 16.9. The van der Waals surface area contributed by atoms with E-state index < -0.39 is 0 Å². The minimum Gasteiger partial charge on any atom is -0.451 e. The van der Waals surface area contributed by atoms with E-state index in [0.29, 0.717) is 5.92 Å². The van der Waals surface area contributed by atoms with Crippen molar-refractivity contribution < 1.29 is 14.4 Å². The summed E-state index contributed by atoms with van der Waals surface area (Å²) in [6, 6.07) is 0. The number of ether oxygens (including phenoxy) is 1. The van der Waals surface area contributed by atoms with Crippen LogP contribution >= 0.6 is 0 Å². The highest BCUT2D eigenvalue weighted by Gasteiger charge is 2.81. The maximum Gasteiger partial charge on any atom is 0.436 e. The lowest BCUT2D eigenvalue weighted by molar-refractivity contribution is 0.0700. The largest absolute Gasteiger partial charge is 0.451 e. The second-order valence-corrected chi connectivity index (χ2v) is 6.13. The number of nitrogens with zero attached hydrogens (tertiary/aromatic N) is 1. The first kappa shape index (κ1) is 10.4. The summed E-state index contributed by atoms with van der Waals surface area (Å²) in [7, 11) is 1.40. The van der Waals surface area contributed by atoms with Gasteiger partial charge < -0.3 is 4.74 Å². The van der Waals surface area contributed by atoms with Gasteiger partial charge in [0.1, 0.15) is 0 Å². The van der Waals surface area contributed by atoms with Gasteiger partial charge in [-0.15, -0.1) is 5.06 Å². The van der Waals surface area contributed by atoms with Crippen molar-refractivity contribution in [2.24, 2.45) is 16.7 Å². The Hall–Kier alpha value is -0.770. The van der Waals surface area contributed by atoms with E-state index in [9.17, 15) is 4.79 Å². The van der Waals surface area contributed by atoms with Gasteiger partial charge in [-0.2, -0.15) is 0 Å². The second kappa shape index (κ2) is 2.55. The lowest BCUT2D eigenvalue weighted by Gasteiger charge is -2.36. The van der Waals surface area contributed by atoms with Crippen LogP contribution in [0.2, 0.25) is 0 Å². The Morgan fingerprint density at radius 2 is 2.12 bits per heavy atom. The summed E-state index contributed by atoms with van der Waals surface area (Å²) in [5, 5.41) is 1.45. The molecule has 1 heterocycles. The van der Waals surface area contributed by atoms with Crippen molar-refractivity contribution in [1.29, 1.82) is 0 Å². The highest BCUT2D eigenvalue weighted by molar-refractivity contribution is 5.69. The van der Waals surface area contributed by atoms with Crippen LogP contribution in [0.1, 0.15) is 40.0 Å².